The van der Waals surface area contributed by atoms with Gasteiger partial charge in [0.05, 0.1) is 11.2 Å². The Morgan fingerprint density at radius 2 is 1.83 bits per heavy atom. The molecule has 0 spiro atoms. The van der Waals surface area contributed by atoms with Crippen LogP contribution in [0, 0.1) is 6.92 Å². The monoisotopic (exact) mass is 366 g/mol. The summed E-state index contributed by atoms with van der Waals surface area (Å²) in [6.07, 6.45) is 2.00. The quantitative estimate of drug-likeness (QED) is 0.707. The number of hydrogen-bond donors (Lipinski definition) is 0. The van der Waals surface area contributed by atoms with Crippen LogP contribution in [-0.2, 0) is 14.1 Å². The molecular weight excluding hydrogens is 343 g/mol. The van der Waals surface area contributed by atoms with E-state index < -0.39 is 18.3 Å². The minimum atomic E-state index is -0.470. The minimum absolute atomic E-state index is 0.0688. The smallest absolute Gasteiger partial charge is 0.400 e. The molecule has 2 rings (SSSR count). The van der Waals surface area contributed by atoms with Crippen molar-refractivity contribution in [3.63, 3.8) is 0 Å². The lowest BCUT2D eigenvalue weighted by atomic mass is 9.78. The molecular formula is C18H24BClO3S. The first-order chi connectivity index (χ1) is 11.0. The lowest BCUT2D eigenvalue weighted by Gasteiger charge is -2.32. The molecule has 0 aliphatic carbocycles. The lowest BCUT2D eigenvalue weighted by Crippen LogP contribution is -2.41. The Kier molecular flexibility index (Phi) is 5.91. The van der Waals surface area contributed by atoms with Crippen molar-refractivity contribution in [3.05, 3.63) is 39.8 Å². The van der Waals surface area contributed by atoms with E-state index in [4.69, 9.17) is 20.9 Å². The summed E-state index contributed by atoms with van der Waals surface area (Å²) in [6.45, 7) is 11.6. The zero-order chi connectivity index (χ0) is 18.1. The van der Waals surface area contributed by atoms with Crippen molar-refractivity contribution in [1.82, 2.24) is 0 Å². The van der Waals surface area contributed by atoms with Gasteiger partial charge in [-0.05, 0) is 57.3 Å². The molecule has 1 fully saturated rings. The van der Waals surface area contributed by atoms with Crippen LogP contribution < -0.4 is 0 Å². The molecule has 130 valence electrons. The van der Waals surface area contributed by atoms with E-state index in [-0.39, 0.29) is 5.12 Å². The first-order valence-corrected chi connectivity index (χ1v) is 9.34. The fourth-order valence-electron chi connectivity index (χ4n) is 2.27. The predicted octanol–water partition coefficient (Wildman–Crippen LogP) is 4.94. The Balaban J connectivity index is 2.33. The van der Waals surface area contributed by atoms with Gasteiger partial charge in [0.1, 0.15) is 0 Å². The topological polar surface area (TPSA) is 35.5 Å². The molecule has 0 unspecified atom stereocenters. The number of hydrogen-bond acceptors (Lipinski definition) is 4. The van der Waals surface area contributed by atoms with Crippen LogP contribution in [0.3, 0.4) is 0 Å². The summed E-state index contributed by atoms with van der Waals surface area (Å²) in [4.78, 5) is 11.4. The summed E-state index contributed by atoms with van der Waals surface area (Å²) in [5.41, 5.74) is 2.10. The summed E-state index contributed by atoms with van der Waals surface area (Å²) in [7, 11) is -0.470. The number of rotatable bonds is 4. The van der Waals surface area contributed by atoms with Gasteiger partial charge in [-0.15, -0.1) is 0 Å². The molecule has 24 heavy (non-hydrogen) atoms. The largest absolute Gasteiger partial charge is 0.491 e. The van der Waals surface area contributed by atoms with Gasteiger partial charge in [0, 0.05) is 17.7 Å². The molecule has 0 atom stereocenters. The van der Waals surface area contributed by atoms with Gasteiger partial charge in [-0.25, -0.2) is 0 Å². The Bertz CT molecular complexity index is 654. The fourth-order valence-corrected chi connectivity index (χ4v) is 3.05. The van der Waals surface area contributed by atoms with Gasteiger partial charge in [-0.3, -0.25) is 4.79 Å². The first kappa shape index (κ1) is 19.6. The molecule has 1 saturated heterocycles. The molecule has 1 heterocycles. The van der Waals surface area contributed by atoms with Gasteiger partial charge in [-0.1, -0.05) is 41.6 Å². The molecule has 0 N–H and O–H groups in total. The van der Waals surface area contributed by atoms with Crippen LogP contribution in [0.25, 0.3) is 6.08 Å². The highest BCUT2D eigenvalue weighted by atomic mass is 35.5. The number of aryl methyl sites for hydroxylation is 1. The van der Waals surface area contributed by atoms with Crippen molar-refractivity contribution in [2.45, 2.75) is 52.7 Å². The molecule has 0 saturated carbocycles. The van der Waals surface area contributed by atoms with Gasteiger partial charge in [-0.2, -0.15) is 0 Å². The fraction of sp³-hybridized carbons (Fsp3) is 0.500. The van der Waals surface area contributed by atoms with E-state index in [1.165, 1.54) is 11.8 Å². The molecule has 0 aromatic heterocycles. The zero-order valence-corrected chi connectivity index (χ0v) is 16.7. The highest BCUT2D eigenvalue weighted by Crippen LogP contribution is 2.39. The summed E-state index contributed by atoms with van der Waals surface area (Å²) in [6, 6.07) is 5.90. The second-order valence-electron chi connectivity index (χ2n) is 7.10. The highest BCUT2D eigenvalue weighted by Gasteiger charge is 2.52. The van der Waals surface area contributed by atoms with Crippen molar-refractivity contribution in [2.75, 3.05) is 5.75 Å². The Labute approximate surface area is 154 Å². The average molecular weight is 367 g/mol. The highest BCUT2D eigenvalue weighted by molar-refractivity contribution is 8.13. The average Bonchev–Trinajstić information content (AvgIpc) is 2.67. The predicted molar refractivity (Wildman–Crippen MR) is 103 cm³/mol. The summed E-state index contributed by atoms with van der Waals surface area (Å²) < 4.78 is 12.3. The van der Waals surface area contributed by atoms with Crippen molar-refractivity contribution >= 4 is 41.7 Å². The van der Waals surface area contributed by atoms with Gasteiger partial charge in [0.2, 0.25) is 0 Å². The molecule has 1 aliphatic rings. The minimum Gasteiger partial charge on any atom is -0.400 e. The molecule has 0 amide bonds. The normalized spacial score (nSPS) is 19.6. The van der Waals surface area contributed by atoms with E-state index in [0.29, 0.717) is 5.75 Å². The number of thioether (sulfide) groups is 1. The van der Waals surface area contributed by atoms with E-state index in [1.54, 1.807) is 6.92 Å². The van der Waals surface area contributed by atoms with Crippen LogP contribution in [0.2, 0.25) is 5.02 Å². The summed E-state index contributed by atoms with van der Waals surface area (Å²) in [5, 5.41) is 0.788. The standard InChI is InChI=1S/C18H24BClO3S/c1-12-7-8-14(10-16(12)20)9-15(11-24-13(2)21)19-22-17(3,4)18(5,6)23-19/h7-10H,11H2,1-6H3. The van der Waals surface area contributed by atoms with E-state index in [2.05, 4.69) is 0 Å². The van der Waals surface area contributed by atoms with E-state index in [1.807, 2.05) is 58.9 Å². The second-order valence-corrected chi connectivity index (χ2v) is 8.66. The SMILES string of the molecule is CC(=O)SCC(=Cc1ccc(C)c(Cl)c1)B1OC(C)(C)C(C)(C)O1. The summed E-state index contributed by atoms with van der Waals surface area (Å²) >= 11 is 7.48. The number of carbonyl (C=O) groups excluding carboxylic acids is 1. The Morgan fingerprint density at radius 1 is 1.25 bits per heavy atom. The van der Waals surface area contributed by atoms with E-state index >= 15 is 0 Å². The van der Waals surface area contributed by atoms with Gasteiger partial charge < -0.3 is 9.31 Å². The molecule has 6 heteroatoms. The van der Waals surface area contributed by atoms with E-state index in [0.717, 1.165) is 21.6 Å². The van der Waals surface area contributed by atoms with Crippen LogP contribution in [0.1, 0.15) is 45.7 Å². The van der Waals surface area contributed by atoms with Crippen molar-refractivity contribution in [2.24, 2.45) is 0 Å². The maximum Gasteiger partial charge on any atom is 0.491 e. The molecule has 1 aromatic carbocycles. The number of benzene rings is 1. The van der Waals surface area contributed by atoms with Gasteiger partial charge >= 0.3 is 7.12 Å². The third-order valence-corrected chi connectivity index (χ3v) is 5.84. The van der Waals surface area contributed by atoms with Crippen molar-refractivity contribution in [3.8, 4) is 0 Å². The van der Waals surface area contributed by atoms with Crippen LogP contribution in [0.4, 0.5) is 0 Å². The second kappa shape index (κ2) is 7.24. The summed E-state index contributed by atoms with van der Waals surface area (Å²) in [5.74, 6) is 0.525. The third-order valence-electron chi connectivity index (χ3n) is 4.55. The van der Waals surface area contributed by atoms with Crippen LogP contribution >= 0.6 is 23.4 Å². The molecule has 1 aromatic rings. The number of carbonyl (C=O) groups is 1. The third kappa shape index (κ3) is 4.45. The van der Waals surface area contributed by atoms with E-state index in [9.17, 15) is 4.79 Å². The van der Waals surface area contributed by atoms with Gasteiger partial charge in [0.25, 0.3) is 0 Å². The van der Waals surface area contributed by atoms with Gasteiger partial charge in [0.15, 0.2) is 5.12 Å². The Morgan fingerprint density at radius 3 is 2.33 bits per heavy atom. The van der Waals surface area contributed by atoms with Crippen molar-refractivity contribution < 1.29 is 14.1 Å². The number of halogens is 1. The first-order valence-electron chi connectivity index (χ1n) is 7.97. The molecule has 3 nitrogen and oxygen atoms in total. The molecule has 0 bridgehead atoms. The van der Waals surface area contributed by atoms with Crippen LogP contribution in [0.15, 0.2) is 23.7 Å². The maximum atomic E-state index is 11.4. The Hall–Kier alpha value is -0.745. The van der Waals surface area contributed by atoms with Crippen molar-refractivity contribution in [1.29, 1.82) is 0 Å². The molecule has 1 aliphatic heterocycles. The van der Waals surface area contributed by atoms with Crippen LogP contribution in [-0.4, -0.2) is 29.2 Å². The van der Waals surface area contributed by atoms with Crippen LogP contribution in [0.5, 0.6) is 0 Å². The lowest BCUT2D eigenvalue weighted by molar-refractivity contribution is -0.109. The maximum absolute atomic E-state index is 11.4. The zero-order valence-electron chi connectivity index (χ0n) is 15.1. The molecule has 0 radical (unpaired) electrons.